The third kappa shape index (κ3) is 3.42. The number of nitrogens with zero attached hydrogens (tertiary/aromatic N) is 2. The second kappa shape index (κ2) is 6.84. The van der Waals surface area contributed by atoms with Gasteiger partial charge in [-0.2, -0.15) is 5.10 Å². The lowest BCUT2D eigenvalue weighted by Gasteiger charge is -2.10. The van der Waals surface area contributed by atoms with Gasteiger partial charge in [-0.3, -0.25) is 9.89 Å². The fourth-order valence-corrected chi connectivity index (χ4v) is 3.11. The second-order valence-electron chi connectivity index (χ2n) is 4.75. The van der Waals surface area contributed by atoms with Gasteiger partial charge >= 0.3 is 5.97 Å². The summed E-state index contributed by atoms with van der Waals surface area (Å²) in [5, 5.41) is 9.59. The van der Waals surface area contributed by atoms with Gasteiger partial charge in [0, 0.05) is 6.04 Å². The van der Waals surface area contributed by atoms with Gasteiger partial charge in [0.15, 0.2) is 10.6 Å². The van der Waals surface area contributed by atoms with Crippen molar-refractivity contribution in [1.29, 1.82) is 0 Å². The Morgan fingerprint density at radius 3 is 2.77 bits per heavy atom. The minimum absolute atomic E-state index is 0.144. The first-order valence-electron chi connectivity index (χ1n) is 6.56. The lowest BCUT2D eigenvalue weighted by molar-refractivity contribution is 0.0606. The van der Waals surface area contributed by atoms with Gasteiger partial charge in [0.25, 0.3) is 5.91 Å². The van der Waals surface area contributed by atoms with Gasteiger partial charge in [0.05, 0.1) is 18.5 Å². The van der Waals surface area contributed by atoms with Crippen LogP contribution in [0.5, 0.6) is 0 Å². The molecular weight excluding hydrogens is 324 g/mol. The van der Waals surface area contributed by atoms with E-state index in [4.69, 9.17) is 12.2 Å². The predicted molar refractivity (Wildman–Crippen MR) is 84.6 cm³/mol. The van der Waals surface area contributed by atoms with Crippen molar-refractivity contribution in [3.63, 3.8) is 0 Å². The Labute approximate surface area is 136 Å². The summed E-state index contributed by atoms with van der Waals surface area (Å²) in [5.41, 5.74) is 0. The van der Waals surface area contributed by atoms with E-state index >= 15 is 0 Å². The number of methoxy groups -OCH3 is 1. The Balaban J connectivity index is 2.06. The quantitative estimate of drug-likeness (QED) is 0.644. The van der Waals surface area contributed by atoms with E-state index < -0.39 is 5.97 Å². The molecule has 7 nitrogen and oxygen atoms in total. The zero-order valence-corrected chi connectivity index (χ0v) is 14.0. The van der Waals surface area contributed by atoms with Crippen molar-refractivity contribution in [3.05, 3.63) is 32.5 Å². The topological polar surface area (TPSA) is 89.0 Å². The van der Waals surface area contributed by atoms with Crippen LogP contribution in [0, 0.1) is 4.77 Å². The number of aromatic amines is 1. The smallest absolute Gasteiger partial charge is 0.348 e. The lowest BCUT2D eigenvalue weighted by Crippen LogP contribution is -2.24. The maximum atomic E-state index is 12.1. The molecule has 0 radical (unpaired) electrons. The van der Waals surface area contributed by atoms with E-state index in [1.807, 2.05) is 18.4 Å². The molecule has 118 valence electrons. The fraction of sp³-hybridized carbons (Fsp3) is 0.385. The molecule has 1 amide bonds. The third-order valence-electron chi connectivity index (χ3n) is 2.92. The van der Waals surface area contributed by atoms with Crippen LogP contribution in [0.3, 0.4) is 0 Å². The van der Waals surface area contributed by atoms with Crippen LogP contribution in [0.25, 0.3) is 0 Å². The first-order valence-corrected chi connectivity index (χ1v) is 7.78. The first-order chi connectivity index (χ1) is 10.4. The van der Waals surface area contributed by atoms with Gasteiger partial charge in [-0.15, -0.1) is 11.3 Å². The number of aromatic nitrogens is 3. The maximum absolute atomic E-state index is 12.1. The number of esters is 1. The summed E-state index contributed by atoms with van der Waals surface area (Å²) in [6, 6.07) is 3.30. The van der Waals surface area contributed by atoms with Gasteiger partial charge in [-0.25, -0.2) is 4.79 Å². The minimum atomic E-state index is -0.454. The number of ether oxygens (including phenoxy) is 1. The lowest BCUT2D eigenvalue weighted by atomic mass is 10.3. The molecule has 0 aliphatic heterocycles. The first kappa shape index (κ1) is 16.4. The SMILES string of the molecule is COC(=O)c1ccc(C(=O)NCc2n[nH]c(=S)n2C(C)C)s1. The van der Waals surface area contributed by atoms with E-state index in [9.17, 15) is 9.59 Å². The number of thiophene rings is 1. The van der Waals surface area contributed by atoms with E-state index in [1.54, 1.807) is 12.1 Å². The summed E-state index contributed by atoms with van der Waals surface area (Å²) >= 11 is 6.23. The number of rotatable bonds is 5. The second-order valence-corrected chi connectivity index (χ2v) is 6.22. The van der Waals surface area contributed by atoms with Crippen molar-refractivity contribution < 1.29 is 14.3 Å². The molecule has 22 heavy (non-hydrogen) atoms. The van der Waals surface area contributed by atoms with Crippen LogP contribution >= 0.6 is 23.6 Å². The molecule has 0 spiro atoms. The number of nitrogens with one attached hydrogen (secondary N) is 2. The van der Waals surface area contributed by atoms with Crippen molar-refractivity contribution in [3.8, 4) is 0 Å². The normalized spacial score (nSPS) is 10.7. The summed E-state index contributed by atoms with van der Waals surface area (Å²) in [6.07, 6.45) is 0. The van der Waals surface area contributed by atoms with Crippen LogP contribution in [0.4, 0.5) is 0 Å². The van der Waals surface area contributed by atoms with E-state index in [0.717, 1.165) is 11.3 Å². The average Bonchev–Trinajstić information content (AvgIpc) is 3.10. The Hall–Kier alpha value is -2.00. The summed E-state index contributed by atoms with van der Waals surface area (Å²) < 4.78 is 6.97. The van der Waals surface area contributed by atoms with Crippen molar-refractivity contribution in [1.82, 2.24) is 20.1 Å². The van der Waals surface area contributed by atoms with E-state index in [1.165, 1.54) is 7.11 Å². The molecule has 0 aliphatic rings. The fourth-order valence-electron chi connectivity index (χ4n) is 1.91. The molecule has 2 aromatic rings. The van der Waals surface area contributed by atoms with Gasteiger partial charge in [0.1, 0.15) is 4.88 Å². The molecule has 0 bridgehead atoms. The summed E-state index contributed by atoms with van der Waals surface area (Å²) in [5.74, 6) is -0.0766. The molecule has 9 heteroatoms. The molecule has 0 aliphatic carbocycles. The molecular formula is C13H16N4O3S2. The highest BCUT2D eigenvalue weighted by Gasteiger charge is 2.15. The highest BCUT2D eigenvalue weighted by atomic mass is 32.1. The molecule has 0 atom stereocenters. The van der Waals surface area contributed by atoms with Crippen LogP contribution in [0.2, 0.25) is 0 Å². The molecule has 2 heterocycles. The van der Waals surface area contributed by atoms with Crippen LogP contribution in [0.15, 0.2) is 12.1 Å². The van der Waals surface area contributed by atoms with E-state index in [2.05, 4.69) is 20.3 Å². The zero-order valence-electron chi connectivity index (χ0n) is 12.4. The Morgan fingerprint density at radius 1 is 1.45 bits per heavy atom. The van der Waals surface area contributed by atoms with Gasteiger partial charge in [0.2, 0.25) is 0 Å². The van der Waals surface area contributed by atoms with Crippen LogP contribution in [0.1, 0.15) is 45.1 Å². The van der Waals surface area contributed by atoms with Crippen molar-refractivity contribution >= 4 is 35.4 Å². The Morgan fingerprint density at radius 2 is 2.14 bits per heavy atom. The summed E-state index contributed by atoms with van der Waals surface area (Å²) in [4.78, 5) is 24.3. The van der Waals surface area contributed by atoms with Crippen molar-refractivity contribution in [2.45, 2.75) is 26.4 Å². The average molecular weight is 340 g/mol. The standard InChI is InChI=1S/C13H16N4O3S2/c1-7(2)17-10(15-16-13(17)21)6-14-11(18)8-4-5-9(22-8)12(19)20-3/h4-5,7H,6H2,1-3H3,(H,14,18)(H,16,21). The number of amides is 1. The molecule has 0 unspecified atom stereocenters. The minimum Gasteiger partial charge on any atom is -0.465 e. The Kier molecular flexibility index (Phi) is 5.09. The molecule has 0 saturated heterocycles. The Bertz CT molecular complexity index is 745. The summed E-state index contributed by atoms with van der Waals surface area (Å²) in [7, 11) is 1.30. The molecule has 2 N–H and O–H groups in total. The molecule has 0 aromatic carbocycles. The number of hydrogen-bond acceptors (Lipinski definition) is 6. The number of hydrogen-bond donors (Lipinski definition) is 2. The number of H-pyrrole nitrogens is 1. The van der Waals surface area contributed by atoms with Crippen LogP contribution in [-0.4, -0.2) is 33.8 Å². The van der Waals surface area contributed by atoms with Gasteiger partial charge < -0.3 is 14.6 Å². The van der Waals surface area contributed by atoms with Gasteiger partial charge in [-0.1, -0.05) is 0 Å². The number of carbonyl (C=O) groups is 2. The van der Waals surface area contributed by atoms with Crippen LogP contribution < -0.4 is 5.32 Å². The van der Waals surface area contributed by atoms with E-state index in [0.29, 0.717) is 20.3 Å². The largest absolute Gasteiger partial charge is 0.465 e. The molecule has 0 fully saturated rings. The molecule has 2 rings (SSSR count). The predicted octanol–water partition coefficient (Wildman–Crippen LogP) is 2.30. The monoisotopic (exact) mass is 340 g/mol. The van der Waals surface area contributed by atoms with Gasteiger partial charge in [-0.05, 0) is 38.2 Å². The third-order valence-corrected chi connectivity index (χ3v) is 4.27. The summed E-state index contributed by atoms with van der Waals surface area (Å²) in [6.45, 7) is 4.21. The number of carbonyl (C=O) groups excluding carboxylic acids is 2. The highest BCUT2D eigenvalue weighted by Crippen LogP contribution is 2.17. The maximum Gasteiger partial charge on any atom is 0.348 e. The van der Waals surface area contributed by atoms with Crippen LogP contribution in [-0.2, 0) is 11.3 Å². The molecule has 0 saturated carbocycles. The van der Waals surface area contributed by atoms with E-state index in [-0.39, 0.29) is 18.5 Å². The van der Waals surface area contributed by atoms with Crippen molar-refractivity contribution in [2.75, 3.05) is 7.11 Å². The van der Waals surface area contributed by atoms with Crippen molar-refractivity contribution in [2.24, 2.45) is 0 Å². The zero-order chi connectivity index (χ0) is 16.3. The highest BCUT2D eigenvalue weighted by molar-refractivity contribution is 7.71. The molecule has 2 aromatic heterocycles.